The molecule has 1 aliphatic heterocycles. The summed E-state index contributed by atoms with van der Waals surface area (Å²) in [6, 6.07) is 22.9. The summed E-state index contributed by atoms with van der Waals surface area (Å²) in [5, 5.41) is 21.8. The molecule has 0 spiro atoms. The summed E-state index contributed by atoms with van der Waals surface area (Å²) < 4.78 is 1.13. The number of phenolic OH excluding ortho intramolecular Hbond substituents is 1. The van der Waals surface area contributed by atoms with E-state index in [0.717, 1.165) is 26.8 Å². The molecule has 222 valence electrons. The molecule has 3 aromatic carbocycles. The molecule has 1 fully saturated rings. The monoisotopic (exact) mass is 597 g/mol. The van der Waals surface area contributed by atoms with Crippen molar-refractivity contribution in [1.29, 1.82) is 0 Å². The maximum atomic E-state index is 14.2. The largest absolute Gasteiger partial charge is 0.508 e. The second-order valence-corrected chi connectivity index (χ2v) is 11.3. The van der Waals surface area contributed by atoms with Gasteiger partial charge in [-0.2, -0.15) is 0 Å². The van der Waals surface area contributed by atoms with Crippen LogP contribution in [0.15, 0.2) is 96.9 Å². The summed E-state index contributed by atoms with van der Waals surface area (Å²) in [5.41, 5.74) is 2.73. The number of hydrogen-bond acceptors (Lipinski definition) is 6. The van der Waals surface area contributed by atoms with E-state index in [0.29, 0.717) is 19.6 Å². The Hall–Kier alpha value is -4.67. The molecule has 0 radical (unpaired) electrons. The number of benzene rings is 3. The van der Waals surface area contributed by atoms with E-state index in [1.165, 1.54) is 4.90 Å². The lowest BCUT2D eigenvalue weighted by Crippen LogP contribution is -2.69. The lowest BCUT2D eigenvalue weighted by Gasteiger charge is -2.46. The van der Waals surface area contributed by atoms with Crippen molar-refractivity contribution in [3.63, 3.8) is 0 Å². The van der Waals surface area contributed by atoms with Crippen LogP contribution in [0, 0.1) is 0 Å². The molecule has 2 atom stereocenters. The Morgan fingerprint density at radius 3 is 2.51 bits per heavy atom. The number of rotatable bonds is 11. The van der Waals surface area contributed by atoms with E-state index in [1.54, 1.807) is 46.6 Å². The average Bonchev–Trinajstić information content (AvgIpc) is 3.42. The molecule has 0 aliphatic carbocycles. The number of carbonyl (C=O) groups is 3. The topological polar surface area (TPSA) is 114 Å². The first-order valence-electron chi connectivity index (χ1n) is 14.2. The van der Waals surface area contributed by atoms with Gasteiger partial charge in [-0.3, -0.25) is 9.59 Å². The Morgan fingerprint density at radius 2 is 1.74 bits per heavy atom. The van der Waals surface area contributed by atoms with E-state index in [4.69, 9.17) is 0 Å². The van der Waals surface area contributed by atoms with Crippen LogP contribution >= 0.6 is 11.3 Å². The molecule has 0 unspecified atom stereocenters. The van der Waals surface area contributed by atoms with Gasteiger partial charge in [0, 0.05) is 30.8 Å². The molecule has 9 nitrogen and oxygen atoms in total. The zero-order valence-electron chi connectivity index (χ0n) is 23.7. The van der Waals surface area contributed by atoms with Crippen LogP contribution < -0.4 is 16.0 Å². The molecule has 1 aromatic heterocycles. The molecule has 1 saturated heterocycles. The summed E-state index contributed by atoms with van der Waals surface area (Å²) in [6.07, 6.45) is 1.10. The van der Waals surface area contributed by atoms with Gasteiger partial charge in [0.1, 0.15) is 18.0 Å². The molecule has 4 N–H and O–H groups in total. The summed E-state index contributed by atoms with van der Waals surface area (Å²) in [6.45, 7) is 4.87. The van der Waals surface area contributed by atoms with Crippen LogP contribution in [0.3, 0.4) is 0 Å². The van der Waals surface area contributed by atoms with Crippen LogP contribution in [0.1, 0.15) is 16.7 Å². The third-order valence-electron chi connectivity index (χ3n) is 7.40. The van der Waals surface area contributed by atoms with Crippen molar-refractivity contribution in [2.45, 2.75) is 31.7 Å². The van der Waals surface area contributed by atoms with Crippen LogP contribution in [-0.2, 0) is 29.1 Å². The van der Waals surface area contributed by atoms with Crippen molar-refractivity contribution >= 4 is 39.3 Å². The van der Waals surface area contributed by atoms with E-state index in [2.05, 4.69) is 27.9 Å². The molecule has 0 saturated carbocycles. The van der Waals surface area contributed by atoms with E-state index >= 15 is 0 Å². The van der Waals surface area contributed by atoms with Crippen molar-refractivity contribution < 1.29 is 19.5 Å². The highest BCUT2D eigenvalue weighted by Gasteiger charge is 2.43. The molecule has 2 heterocycles. The predicted octanol–water partition coefficient (Wildman–Crippen LogP) is 3.99. The Labute approximate surface area is 254 Å². The van der Waals surface area contributed by atoms with Crippen molar-refractivity contribution in [3.05, 3.63) is 114 Å². The Kier molecular flexibility index (Phi) is 9.70. The van der Waals surface area contributed by atoms with Crippen LogP contribution in [-0.4, -0.2) is 64.6 Å². The molecular weight excluding hydrogens is 562 g/mol. The number of nitrogens with one attached hydrogen (secondary N) is 3. The lowest BCUT2D eigenvalue weighted by atomic mass is 9.99. The lowest BCUT2D eigenvalue weighted by molar-refractivity contribution is -0.156. The number of fused-ring (bicyclic) bond motifs is 1. The van der Waals surface area contributed by atoms with Gasteiger partial charge in [0.2, 0.25) is 11.8 Å². The first-order valence-corrected chi connectivity index (χ1v) is 15.0. The third kappa shape index (κ3) is 7.40. The molecule has 4 aromatic rings. The van der Waals surface area contributed by atoms with Gasteiger partial charge in [0.05, 0.1) is 13.1 Å². The van der Waals surface area contributed by atoms with E-state index in [1.807, 2.05) is 54.6 Å². The summed E-state index contributed by atoms with van der Waals surface area (Å²) in [5.74, 6) is -0.406. The second-order valence-electron chi connectivity index (χ2n) is 10.4. The van der Waals surface area contributed by atoms with Crippen LogP contribution in [0.4, 0.5) is 4.79 Å². The molecule has 1 aliphatic rings. The van der Waals surface area contributed by atoms with Gasteiger partial charge in [0.25, 0.3) is 0 Å². The quantitative estimate of drug-likeness (QED) is 0.154. The summed E-state index contributed by atoms with van der Waals surface area (Å²) in [4.78, 5) is 44.3. The zero-order chi connectivity index (χ0) is 30.2. The fourth-order valence-corrected chi connectivity index (χ4v) is 6.25. The third-order valence-corrected chi connectivity index (χ3v) is 8.41. The number of aromatic hydroxyl groups is 1. The van der Waals surface area contributed by atoms with Gasteiger partial charge in [-0.15, -0.1) is 17.9 Å². The molecule has 5 rings (SSSR count). The fraction of sp³-hybridized carbons (Fsp3) is 0.242. The predicted molar refractivity (Wildman–Crippen MR) is 168 cm³/mol. The van der Waals surface area contributed by atoms with E-state index in [-0.39, 0.29) is 37.1 Å². The minimum absolute atomic E-state index is 0.0235. The molecule has 43 heavy (non-hydrogen) atoms. The first kappa shape index (κ1) is 29.8. The maximum absolute atomic E-state index is 14.2. The van der Waals surface area contributed by atoms with Gasteiger partial charge in [-0.1, -0.05) is 66.7 Å². The Bertz CT molecular complexity index is 1570. The number of piperazine rings is 1. The average molecular weight is 598 g/mol. The maximum Gasteiger partial charge on any atom is 0.316 e. The van der Waals surface area contributed by atoms with E-state index in [9.17, 15) is 19.5 Å². The van der Waals surface area contributed by atoms with Gasteiger partial charge >= 0.3 is 6.03 Å². The number of carbonyl (C=O) groups excluding carboxylic acids is 3. The highest BCUT2D eigenvalue weighted by molar-refractivity contribution is 7.17. The van der Waals surface area contributed by atoms with Gasteiger partial charge < -0.3 is 30.9 Å². The van der Waals surface area contributed by atoms with Crippen molar-refractivity contribution in [2.75, 3.05) is 19.6 Å². The molecule has 4 amide bonds. The second kappa shape index (κ2) is 14.0. The minimum atomic E-state index is -0.874. The fourth-order valence-electron chi connectivity index (χ4n) is 5.29. The number of phenols is 1. The number of hydrogen-bond donors (Lipinski definition) is 4. The normalized spacial score (nSPS) is 16.7. The molecular formula is C33H35N5O4S. The number of amides is 4. The van der Waals surface area contributed by atoms with Gasteiger partial charge in [0.15, 0.2) is 0 Å². The zero-order valence-corrected chi connectivity index (χ0v) is 24.6. The van der Waals surface area contributed by atoms with Crippen molar-refractivity contribution in [3.8, 4) is 5.75 Å². The highest BCUT2D eigenvalue weighted by Crippen LogP contribution is 2.29. The number of nitrogens with zero attached hydrogens (tertiary/aromatic N) is 2. The molecule has 10 heteroatoms. The van der Waals surface area contributed by atoms with E-state index < -0.39 is 18.2 Å². The van der Waals surface area contributed by atoms with Crippen LogP contribution in [0.2, 0.25) is 0 Å². The van der Waals surface area contributed by atoms with Gasteiger partial charge in [-0.05, 0) is 45.7 Å². The SMILES string of the molecule is C=CCNCC(=O)N1[C@@H](NC(=O)NCc2ccccc2)CN(Cc2csc3ccccc23)C(=O)[C@@H]1Cc1ccc(O)cc1. The Morgan fingerprint density at radius 1 is 1.00 bits per heavy atom. The van der Waals surface area contributed by atoms with Crippen LogP contribution in [0.5, 0.6) is 5.75 Å². The van der Waals surface area contributed by atoms with Crippen LogP contribution in [0.25, 0.3) is 10.1 Å². The summed E-state index contributed by atoms with van der Waals surface area (Å²) >= 11 is 1.62. The minimum Gasteiger partial charge on any atom is -0.508 e. The van der Waals surface area contributed by atoms with Crippen molar-refractivity contribution in [2.24, 2.45) is 0 Å². The smallest absolute Gasteiger partial charge is 0.316 e. The highest BCUT2D eigenvalue weighted by atomic mass is 32.1. The Balaban J connectivity index is 1.44. The van der Waals surface area contributed by atoms with Crippen molar-refractivity contribution in [1.82, 2.24) is 25.8 Å². The number of thiophene rings is 1. The standard InChI is InChI=1S/C33H35N5O4S/c1-2-16-34-19-31(40)38-28(17-23-12-14-26(39)15-13-23)32(41)37(20-25-22-43-29-11-7-6-10-27(25)29)21-30(38)36-33(42)35-18-24-8-4-3-5-9-24/h2-15,22,28,30,34,39H,1,16-21H2,(H2,35,36,42)/t28-,30+/m0/s1. The van der Waals surface area contributed by atoms with Gasteiger partial charge in [-0.25, -0.2) is 4.79 Å². The number of urea groups is 1. The summed E-state index contributed by atoms with van der Waals surface area (Å²) in [7, 11) is 0. The first-order chi connectivity index (χ1) is 20.9. The molecule has 0 bridgehead atoms.